The highest BCUT2D eigenvalue weighted by atomic mass is 19.1. The molecular formula is C23H18FN3O3. The number of nitrogens with one attached hydrogen (secondary N) is 1. The fourth-order valence-corrected chi connectivity index (χ4v) is 3.00. The van der Waals surface area contributed by atoms with Crippen molar-refractivity contribution in [2.24, 2.45) is 0 Å². The monoisotopic (exact) mass is 403 g/mol. The van der Waals surface area contributed by atoms with Crippen LogP contribution in [0.25, 0.3) is 5.65 Å². The summed E-state index contributed by atoms with van der Waals surface area (Å²) in [6, 6.07) is 17.4. The third kappa shape index (κ3) is 4.20. The van der Waals surface area contributed by atoms with Gasteiger partial charge in [0.15, 0.2) is 0 Å². The lowest BCUT2D eigenvalue weighted by atomic mass is 10.2. The number of amides is 1. The van der Waals surface area contributed by atoms with Gasteiger partial charge in [0.1, 0.15) is 23.8 Å². The van der Waals surface area contributed by atoms with Gasteiger partial charge >= 0.3 is 0 Å². The standard InChI is InChI=1S/C23H18FN3O3/c1-15-9-10-27-21(11-15)25-18(13-22(27)28)14-30-20-8-3-2-7-19(20)26-23(29)16-5-4-6-17(24)12-16/h2-13H,14H2,1H3,(H,26,29). The summed E-state index contributed by atoms with van der Waals surface area (Å²) in [5.41, 5.74) is 2.42. The summed E-state index contributed by atoms with van der Waals surface area (Å²) in [5, 5.41) is 2.72. The number of carbonyl (C=O) groups is 1. The predicted octanol–water partition coefficient (Wildman–Crippen LogP) is 3.97. The molecule has 0 spiro atoms. The van der Waals surface area contributed by atoms with E-state index in [1.54, 1.807) is 30.5 Å². The number of benzene rings is 2. The van der Waals surface area contributed by atoms with Gasteiger partial charge < -0.3 is 10.1 Å². The molecule has 150 valence electrons. The molecule has 0 aliphatic rings. The number of hydrogen-bond acceptors (Lipinski definition) is 4. The first-order chi connectivity index (χ1) is 14.5. The van der Waals surface area contributed by atoms with Crippen LogP contribution in [-0.2, 0) is 6.61 Å². The van der Waals surface area contributed by atoms with Gasteiger partial charge in [-0.1, -0.05) is 18.2 Å². The first-order valence-corrected chi connectivity index (χ1v) is 9.27. The van der Waals surface area contributed by atoms with Crippen LogP contribution in [0.2, 0.25) is 0 Å². The Bertz CT molecular complexity index is 1300. The molecule has 4 rings (SSSR count). The average molecular weight is 403 g/mol. The van der Waals surface area contributed by atoms with Crippen LogP contribution in [0.5, 0.6) is 5.75 Å². The van der Waals surface area contributed by atoms with Gasteiger partial charge in [-0.2, -0.15) is 0 Å². The number of fused-ring (bicyclic) bond motifs is 1. The van der Waals surface area contributed by atoms with Crippen LogP contribution in [0.3, 0.4) is 0 Å². The molecule has 1 amide bonds. The molecular weight excluding hydrogens is 385 g/mol. The Hall–Kier alpha value is -4.00. The highest BCUT2D eigenvalue weighted by Gasteiger charge is 2.11. The third-order valence-electron chi connectivity index (χ3n) is 4.47. The van der Waals surface area contributed by atoms with Gasteiger partial charge in [0.05, 0.1) is 11.4 Å². The second-order valence-corrected chi connectivity index (χ2v) is 6.77. The molecule has 0 saturated carbocycles. The maximum absolute atomic E-state index is 13.4. The van der Waals surface area contributed by atoms with Crippen molar-refractivity contribution in [2.75, 3.05) is 5.32 Å². The number of carbonyl (C=O) groups excluding carboxylic acids is 1. The van der Waals surface area contributed by atoms with Crippen molar-refractivity contribution < 1.29 is 13.9 Å². The van der Waals surface area contributed by atoms with Crippen LogP contribution in [0.1, 0.15) is 21.6 Å². The van der Waals surface area contributed by atoms with Crippen LogP contribution >= 0.6 is 0 Å². The molecule has 0 fully saturated rings. The lowest BCUT2D eigenvalue weighted by Gasteiger charge is -2.13. The Kier molecular flexibility index (Phi) is 5.26. The van der Waals surface area contributed by atoms with Gasteiger partial charge in [-0.25, -0.2) is 9.37 Å². The molecule has 0 atom stereocenters. The van der Waals surface area contributed by atoms with Crippen LogP contribution < -0.4 is 15.6 Å². The van der Waals surface area contributed by atoms with Gasteiger partial charge in [0.25, 0.3) is 11.5 Å². The fraction of sp³-hybridized carbons (Fsp3) is 0.0870. The zero-order valence-corrected chi connectivity index (χ0v) is 16.1. The molecule has 0 radical (unpaired) electrons. The van der Waals surface area contributed by atoms with Crippen molar-refractivity contribution in [3.8, 4) is 5.75 Å². The molecule has 0 aliphatic carbocycles. The molecule has 0 unspecified atom stereocenters. The minimum Gasteiger partial charge on any atom is -0.485 e. The van der Waals surface area contributed by atoms with Gasteiger partial charge in [-0.15, -0.1) is 0 Å². The van der Waals surface area contributed by atoms with Gasteiger partial charge in [-0.3, -0.25) is 14.0 Å². The number of nitrogens with zero attached hydrogens (tertiary/aromatic N) is 2. The highest BCUT2D eigenvalue weighted by Crippen LogP contribution is 2.25. The highest BCUT2D eigenvalue weighted by molar-refractivity contribution is 6.05. The number of rotatable bonds is 5. The van der Waals surface area contributed by atoms with E-state index in [9.17, 15) is 14.0 Å². The Labute approximate surface area is 171 Å². The average Bonchev–Trinajstić information content (AvgIpc) is 2.73. The molecule has 2 aromatic heterocycles. The summed E-state index contributed by atoms with van der Waals surface area (Å²) in [6.45, 7) is 1.97. The van der Waals surface area contributed by atoms with E-state index in [0.29, 0.717) is 22.8 Å². The Morgan fingerprint density at radius 2 is 1.93 bits per heavy atom. The van der Waals surface area contributed by atoms with Gasteiger partial charge in [0, 0.05) is 17.8 Å². The summed E-state index contributed by atoms with van der Waals surface area (Å²) >= 11 is 0. The summed E-state index contributed by atoms with van der Waals surface area (Å²) in [5.74, 6) is -0.535. The van der Waals surface area contributed by atoms with Crippen LogP contribution in [-0.4, -0.2) is 15.3 Å². The molecule has 30 heavy (non-hydrogen) atoms. The maximum atomic E-state index is 13.4. The van der Waals surface area contributed by atoms with Crippen molar-refractivity contribution in [2.45, 2.75) is 13.5 Å². The van der Waals surface area contributed by atoms with Crippen molar-refractivity contribution in [1.82, 2.24) is 9.38 Å². The summed E-state index contributed by atoms with van der Waals surface area (Å²) in [7, 11) is 0. The fourth-order valence-electron chi connectivity index (χ4n) is 3.00. The quantitative estimate of drug-likeness (QED) is 0.547. The minimum absolute atomic E-state index is 0.0481. The van der Waals surface area contributed by atoms with Crippen molar-refractivity contribution in [3.05, 3.63) is 106 Å². The molecule has 2 heterocycles. The number of para-hydroxylation sites is 2. The second-order valence-electron chi connectivity index (χ2n) is 6.77. The number of anilines is 1. The van der Waals surface area contributed by atoms with Gasteiger partial charge in [-0.05, 0) is 55.0 Å². The lowest BCUT2D eigenvalue weighted by molar-refractivity contribution is 0.102. The molecule has 0 aliphatic heterocycles. The van der Waals surface area contributed by atoms with Crippen LogP contribution in [0.4, 0.5) is 10.1 Å². The second kappa shape index (κ2) is 8.16. The summed E-state index contributed by atoms with van der Waals surface area (Å²) in [4.78, 5) is 29.2. The molecule has 7 heteroatoms. The van der Waals surface area contributed by atoms with E-state index in [0.717, 1.165) is 11.6 Å². The van der Waals surface area contributed by atoms with E-state index < -0.39 is 11.7 Å². The zero-order chi connectivity index (χ0) is 21.1. The molecule has 4 aromatic rings. The normalized spacial score (nSPS) is 10.7. The smallest absolute Gasteiger partial charge is 0.258 e. The van der Waals surface area contributed by atoms with E-state index in [-0.39, 0.29) is 17.7 Å². The summed E-state index contributed by atoms with van der Waals surface area (Å²) in [6.07, 6.45) is 1.68. The van der Waals surface area contributed by atoms with E-state index in [1.807, 2.05) is 19.1 Å². The predicted molar refractivity (Wildman–Crippen MR) is 111 cm³/mol. The molecule has 1 N–H and O–H groups in total. The Morgan fingerprint density at radius 1 is 1.10 bits per heavy atom. The van der Waals surface area contributed by atoms with Gasteiger partial charge in [0.2, 0.25) is 0 Å². The third-order valence-corrected chi connectivity index (χ3v) is 4.47. The van der Waals surface area contributed by atoms with E-state index in [4.69, 9.17) is 4.74 Å². The van der Waals surface area contributed by atoms with Crippen LogP contribution in [0, 0.1) is 12.7 Å². The first kappa shape index (κ1) is 19.3. The largest absolute Gasteiger partial charge is 0.485 e. The molecule has 6 nitrogen and oxygen atoms in total. The van der Waals surface area contributed by atoms with Crippen molar-refractivity contribution >= 4 is 17.2 Å². The lowest BCUT2D eigenvalue weighted by Crippen LogP contribution is -2.17. The topological polar surface area (TPSA) is 72.7 Å². The molecule has 0 saturated heterocycles. The molecule has 2 aromatic carbocycles. The van der Waals surface area contributed by atoms with E-state index >= 15 is 0 Å². The Morgan fingerprint density at radius 3 is 2.77 bits per heavy atom. The number of aryl methyl sites for hydroxylation is 1. The SMILES string of the molecule is Cc1ccn2c(=O)cc(COc3ccccc3NC(=O)c3cccc(F)c3)nc2c1. The maximum Gasteiger partial charge on any atom is 0.258 e. The van der Waals surface area contributed by atoms with E-state index in [1.165, 1.54) is 28.7 Å². The number of halogens is 1. The number of ether oxygens (including phenoxy) is 1. The number of aromatic nitrogens is 2. The number of hydrogen-bond donors (Lipinski definition) is 1. The van der Waals surface area contributed by atoms with Crippen molar-refractivity contribution in [1.29, 1.82) is 0 Å². The van der Waals surface area contributed by atoms with Crippen molar-refractivity contribution in [3.63, 3.8) is 0 Å². The van der Waals surface area contributed by atoms with E-state index in [2.05, 4.69) is 10.3 Å². The Balaban J connectivity index is 1.54. The number of pyridine rings is 1. The minimum atomic E-state index is -0.490. The molecule has 0 bridgehead atoms. The first-order valence-electron chi connectivity index (χ1n) is 9.27. The zero-order valence-electron chi connectivity index (χ0n) is 16.1. The summed E-state index contributed by atoms with van der Waals surface area (Å²) < 4.78 is 20.7. The van der Waals surface area contributed by atoms with Crippen LogP contribution in [0.15, 0.2) is 77.7 Å².